The molecule has 0 saturated heterocycles. The van der Waals surface area contributed by atoms with E-state index in [0.29, 0.717) is 18.3 Å². The van der Waals surface area contributed by atoms with Crippen LogP contribution in [0, 0.1) is 29.5 Å². The van der Waals surface area contributed by atoms with E-state index in [2.05, 4.69) is 29.3 Å². The predicted molar refractivity (Wildman–Crippen MR) is 131 cm³/mol. The quantitative estimate of drug-likeness (QED) is 0.193. The monoisotopic (exact) mass is 445 g/mol. The van der Waals surface area contributed by atoms with Gasteiger partial charge in [-0.2, -0.15) is 4.99 Å². The zero-order valence-electron chi connectivity index (χ0n) is 19.3. The van der Waals surface area contributed by atoms with Crippen LogP contribution in [0.15, 0.2) is 23.2 Å². The van der Waals surface area contributed by atoms with Crippen LogP contribution in [-0.4, -0.2) is 11.8 Å². The van der Waals surface area contributed by atoms with Gasteiger partial charge in [0.2, 0.25) is 0 Å². The molecule has 1 aromatic carbocycles. The molecule has 0 heterocycles. The van der Waals surface area contributed by atoms with Crippen LogP contribution in [0.3, 0.4) is 0 Å². The van der Waals surface area contributed by atoms with Crippen molar-refractivity contribution in [3.8, 4) is 5.75 Å². The van der Waals surface area contributed by atoms with Crippen LogP contribution in [0.25, 0.3) is 0 Å². The molecule has 2 saturated carbocycles. The maximum atomic E-state index is 13.9. The van der Waals surface area contributed by atoms with Crippen LogP contribution >= 0.6 is 12.2 Å². The summed E-state index contributed by atoms with van der Waals surface area (Å²) in [6.07, 6.45) is 19.6. The van der Waals surface area contributed by atoms with E-state index in [1.807, 2.05) is 0 Å². The average Bonchev–Trinajstić information content (AvgIpc) is 2.80. The third-order valence-corrected chi connectivity index (χ3v) is 7.83. The highest BCUT2D eigenvalue weighted by atomic mass is 32.1. The van der Waals surface area contributed by atoms with Crippen molar-refractivity contribution in [1.29, 1.82) is 0 Å². The summed E-state index contributed by atoms with van der Waals surface area (Å²) in [5, 5.41) is 2.20. The van der Waals surface area contributed by atoms with Gasteiger partial charge in [0.25, 0.3) is 0 Å². The van der Waals surface area contributed by atoms with Gasteiger partial charge in [0.05, 0.1) is 11.8 Å². The first-order valence-electron chi connectivity index (χ1n) is 12.7. The second kappa shape index (κ2) is 13.3. The number of hydrogen-bond donors (Lipinski definition) is 0. The lowest BCUT2D eigenvalue weighted by molar-refractivity contribution is 0.121. The molecule has 0 unspecified atom stereocenters. The fourth-order valence-electron chi connectivity index (χ4n) is 5.74. The number of unbranched alkanes of at least 4 members (excludes halogenated alkanes) is 4. The first-order chi connectivity index (χ1) is 15.2. The summed E-state index contributed by atoms with van der Waals surface area (Å²) < 4.78 is 19.8. The van der Waals surface area contributed by atoms with Crippen LogP contribution in [0.4, 0.5) is 10.1 Å². The standard InChI is InChI=1S/C27H40FNOS/c1-2-3-4-5-6-7-21-8-12-23(13-9-21)24-14-10-22(11-15-24)19-30-25-16-17-27(29-20-31)26(28)18-25/h16-18,21-24H,2-15,19H2,1H3/t21-,22?,23-,24?. The van der Waals surface area contributed by atoms with Crippen LogP contribution in [0.2, 0.25) is 0 Å². The van der Waals surface area contributed by atoms with Crippen LogP contribution in [-0.2, 0) is 0 Å². The topological polar surface area (TPSA) is 21.6 Å². The predicted octanol–water partition coefficient (Wildman–Crippen LogP) is 8.91. The van der Waals surface area contributed by atoms with E-state index in [-0.39, 0.29) is 5.69 Å². The number of hydrogen-bond acceptors (Lipinski definition) is 3. The summed E-state index contributed by atoms with van der Waals surface area (Å²) >= 11 is 4.54. The average molecular weight is 446 g/mol. The molecule has 2 aliphatic rings. The van der Waals surface area contributed by atoms with E-state index in [4.69, 9.17) is 4.74 Å². The number of ether oxygens (including phenoxy) is 1. The largest absolute Gasteiger partial charge is 0.493 e. The minimum Gasteiger partial charge on any atom is -0.493 e. The minimum absolute atomic E-state index is 0.217. The Morgan fingerprint density at radius 1 is 0.935 bits per heavy atom. The normalized spacial score (nSPS) is 26.3. The molecule has 0 aliphatic heterocycles. The Hall–Kier alpha value is -1.25. The fraction of sp³-hybridized carbons (Fsp3) is 0.741. The number of halogens is 1. The molecule has 2 nitrogen and oxygen atoms in total. The highest BCUT2D eigenvalue weighted by molar-refractivity contribution is 7.78. The molecule has 4 heteroatoms. The van der Waals surface area contributed by atoms with Gasteiger partial charge in [-0.25, -0.2) is 4.39 Å². The van der Waals surface area contributed by atoms with E-state index in [1.54, 1.807) is 12.1 Å². The van der Waals surface area contributed by atoms with E-state index in [0.717, 1.165) is 17.8 Å². The SMILES string of the molecule is CCCCCCC[C@H]1CC[C@H](C2CCC(COc3ccc(N=C=S)c(F)c3)CC2)CC1. The Morgan fingerprint density at radius 3 is 2.19 bits per heavy atom. The number of aliphatic imine (C=N–C) groups is 1. The minimum atomic E-state index is -0.407. The second-order valence-corrected chi connectivity index (χ2v) is 10.1. The Morgan fingerprint density at radius 2 is 1.58 bits per heavy atom. The Balaban J connectivity index is 1.31. The first kappa shape index (κ1) is 24.4. The summed E-state index contributed by atoms with van der Waals surface area (Å²) in [6.45, 7) is 2.98. The molecule has 172 valence electrons. The van der Waals surface area contributed by atoms with Crippen LogP contribution in [0.5, 0.6) is 5.75 Å². The third kappa shape index (κ3) is 7.99. The van der Waals surface area contributed by atoms with Gasteiger partial charge >= 0.3 is 0 Å². The number of thiocarbonyl (C=S) groups is 1. The summed E-state index contributed by atoms with van der Waals surface area (Å²) in [5.41, 5.74) is 0.217. The lowest BCUT2D eigenvalue weighted by atomic mass is 9.69. The van der Waals surface area contributed by atoms with Gasteiger partial charge in [-0.05, 0) is 86.5 Å². The number of benzene rings is 1. The van der Waals surface area contributed by atoms with Gasteiger partial charge in [0.15, 0.2) is 5.82 Å². The Kier molecular flexibility index (Phi) is 10.5. The molecular formula is C27H40FNOS. The molecule has 1 aromatic rings. The van der Waals surface area contributed by atoms with Gasteiger partial charge in [-0.1, -0.05) is 58.3 Å². The van der Waals surface area contributed by atoms with Crippen molar-refractivity contribution in [3.63, 3.8) is 0 Å². The van der Waals surface area contributed by atoms with Crippen molar-refractivity contribution in [2.75, 3.05) is 6.61 Å². The Labute approximate surface area is 194 Å². The lowest BCUT2D eigenvalue weighted by Gasteiger charge is -2.38. The molecule has 31 heavy (non-hydrogen) atoms. The van der Waals surface area contributed by atoms with Gasteiger partial charge in [0, 0.05) is 6.07 Å². The van der Waals surface area contributed by atoms with E-state index in [1.165, 1.54) is 96.0 Å². The van der Waals surface area contributed by atoms with Crippen molar-refractivity contribution < 1.29 is 9.13 Å². The first-order valence-corrected chi connectivity index (χ1v) is 13.1. The van der Waals surface area contributed by atoms with Crippen molar-refractivity contribution in [2.45, 2.75) is 96.8 Å². The molecule has 0 N–H and O–H groups in total. The summed E-state index contributed by atoms with van der Waals surface area (Å²) in [7, 11) is 0. The number of rotatable bonds is 11. The smallest absolute Gasteiger partial charge is 0.153 e. The molecule has 0 aromatic heterocycles. The summed E-state index contributed by atoms with van der Waals surface area (Å²) in [6, 6.07) is 4.77. The van der Waals surface area contributed by atoms with Crippen LogP contribution < -0.4 is 4.74 Å². The van der Waals surface area contributed by atoms with Crippen molar-refractivity contribution in [1.82, 2.24) is 0 Å². The fourth-order valence-corrected chi connectivity index (χ4v) is 5.84. The molecule has 2 aliphatic carbocycles. The highest BCUT2D eigenvalue weighted by Crippen LogP contribution is 2.42. The van der Waals surface area contributed by atoms with Crippen LogP contribution in [0.1, 0.15) is 96.8 Å². The maximum absolute atomic E-state index is 13.9. The van der Waals surface area contributed by atoms with E-state index >= 15 is 0 Å². The van der Waals surface area contributed by atoms with Crippen molar-refractivity contribution >= 4 is 23.1 Å². The molecule has 0 spiro atoms. The Bertz CT molecular complexity index is 701. The van der Waals surface area contributed by atoms with E-state index < -0.39 is 5.82 Å². The summed E-state index contributed by atoms with van der Waals surface area (Å²) in [4.78, 5) is 3.71. The second-order valence-electron chi connectivity index (χ2n) is 9.89. The molecule has 2 fully saturated rings. The zero-order chi connectivity index (χ0) is 21.9. The van der Waals surface area contributed by atoms with E-state index in [9.17, 15) is 4.39 Å². The molecule has 0 radical (unpaired) electrons. The highest BCUT2D eigenvalue weighted by Gasteiger charge is 2.30. The maximum Gasteiger partial charge on any atom is 0.153 e. The van der Waals surface area contributed by atoms with Gasteiger partial charge in [-0.3, -0.25) is 0 Å². The zero-order valence-corrected chi connectivity index (χ0v) is 20.1. The molecule has 3 rings (SSSR count). The molecule has 0 atom stereocenters. The van der Waals surface area contributed by atoms with Gasteiger partial charge in [0.1, 0.15) is 11.4 Å². The number of isothiocyanates is 1. The van der Waals surface area contributed by atoms with Gasteiger partial charge in [-0.15, -0.1) is 0 Å². The molecule has 0 amide bonds. The molecule has 0 bridgehead atoms. The van der Waals surface area contributed by atoms with Gasteiger partial charge < -0.3 is 4.74 Å². The molecular weight excluding hydrogens is 405 g/mol. The van der Waals surface area contributed by atoms with Crippen molar-refractivity contribution in [2.24, 2.45) is 28.7 Å². The third-order valence-electron chi connectivity index (χ3n) is 7.74. The number of nitrogens with zero attached hydrogens (tertiary/aromatic N) is 1. The summed E-state index contributed by atoms with van der Waals surface area (Å²) in [5.74, 6) is 3.65. The van der Waals surface area contributed by atoms with Crippen molar-refractivity contribution in [3.05, 3.63) is 24.0 Å². The lowest BCUT2D eigenvalue weighted by Crippen LogP contribution is -2.27.